The highest BCUT2D eigenvalue weighted by Gasteiger charge is 2.71. The van der Waals surface area contributed by atoms with Gasteiger partial charge in [-0.3, -0.25) is 0 Å². The highest BCUT2D eigenvalue weighted by atomic mass is 16.6. The maximum Gasteiger partial charge on any atom is 0.336 e. The zero-order valence-electron chi connectivity index (χ0n) is 16.2. The lowest BCUT2D eigenvalue weighted by Crippen LogP contribution is -2.64. The van der Waals surface area contributed by atoms with E-state index in [1.807, 2.05) is 6.08 Å². The van der Waals surface area contributed by atoms with E-state index in [1.165, 1.54) is 0 Å². The number of carbonyl (C=O) groups excluding carboxylic acids is 1. The molecule has 5 nitrogen and oxygen atoms in total. The molecule has 0 amide bonds. The SMILES string of the molecule is CC12C[C@@H](C3=CCOC3=O)O[C@]1(C)CC[C@@H]1[C@]3(C)C=NO[C@@H]3CC[C@]12C. The molecule has 5 rings (SSSR count). The third-order valence-corrected chi connectivity index (χ3v) is 9.09. The second kappa shape index (κ2) is 4.92. The van der Waals surface area contributed by atoms with Gasteiger partial charge in [-0.05, 0) is 56.4 Å². The van der Waals surface area contributed by atoms with Gasteiger partial charge in [0.2, 0.25) is 0 Å². The number of rotatable bonds is 1. The molecule has 3 aliphatic heterocycles. The van der Waals surface area contributed by atoms with Gasteiger partial charge in [0.25, 0.3) is 0 Å². The maximum absolute atomic E-state index is 12.1. The Morgan fingerprint density at radius 1 is 1.15 bits per heavy atom. The number of carbonyl (C=O) groups is 1. The predicted molar refractivity (Wildman–Crippen MR) is 96.6 cm³/mol. The Bertz CT molecular complexity index is 732. The first-order valence-corrected chi connectivity index (χ1v) is 9.99. The van der Waals surface area contributed by atoms with Gasteiger partial charge < -0.3 is 14.3 Å². The van der Waals surface area contributed by atoms with Crippen LogP contribution in [0.5, 0.6) is 0 Å². The summed E-state index contributed by atoms with van der Waals surface area (Å²) in [6.45, 7) is 9.83. The van der Waals surface area contributed by atoms with E-state index in [4.69, 9.17) is 14.3 Å². The maximum atomic E-state index is 12.1. The fraction of sp³-hybridized carbons (Fsp3) is 0.810. The minimum absolute atomic E-state index is 0.000976. The molecule has 0 aromatic heterocycles. The monoisotopic (exact) mass is 359 g/mol. The van der Waals surface area contributed by atoms with Crippen LogP contribution in [0.15, 0.2) is 16.8 Å². The van der Waals surface area contributed by atoms with Crippen molar-refractivity contribution in [3.63, 3.8) is 0 Å². The van der Waals surface area contributed by atoms with E-state index in [2.05, 4.69) is 39.1 Å². The van der Waals surface area contributed by atoms with Crippen LogP contribution in [0.3, 0.4) is 0 Å². The van der Waals surface area contributed by atoms with Crippen LogP contribution < -0.4 is 0 Å². The smallest absolute Gasteiger partial charge is 0.336 e. The lowest BCUT2D eigenvalue weighted by molar-refractivity contribution is -0.209. The largest absolute Gasteiger partial charge is 0.458 e. The summed E-state index contributed by atoms with van der Waals surface area (Å²) in [6.07, 6.45) is 9.20. The van der Waals surface area contributed by atoms with Crippen molar-refractivity contribution in [2.24, 2.45) is 27.3 Å². The van der Waals surface area contributed by atoms with Gasteiger partial charge in [-0.1, -0.05) is 25.9 Å². The fourth-order valence-electron chi connectivity index (χ4n) is 7.15. The number of oxime groups is 1. The highest BCUT2D eigenvalue weighted by molar-refractivity contribution is 5.91. The van der Waals surface area contributed by atoms with Crippen LogP contribution in [0, 0.1) is 22.2 Å². The van der Waals surface area contributed by atoms with Crippen LogP contribution in [0.25, 0.3) is 0 Å². The molecule has 2 saturated carbocycles. The number of esters is 1. The lowest BCUT2D eigenvalue weighted by Gasteiger charge is -2.65. The van der Waals surface area contributed by atoms with Gasteiger partial charge in [0.15, 0.2) is 0 Å². The average Bonchev–Trinajstić information content (AvgIpc) is 3.23. The molecular weight excluding hydrogens is 330 g/mol. The number of hydrogen-bond donors (Lipinski definition) is 0. The summed E-state index contributed by atoms with van der Waals surface area (Å²) in [5, 5.41) is 4.21. The molecule has 0 aromatic carbocycles. The van der Waals surface area contributed by atoms with Crippen molar-refractivity contribution >= 4 is 12.2 Å². The van der Waals surface area contributed by atoms with Crippen LogP contribution in [0.1, 0.15) is 59.8 Å². The molecule has 0 radical (unpaired) electrons. The van der Waals surface area contributed by atoms with Gasteiger partial charge in [0, 0.05) is 10.8 Å². The summed E-state index contributed by atoms with van der Waals surface area (Å²) in [6, 6.07) is 0. The van der Waals surface area contributed by atoms with Gasteiger partial charge in [0.1, 0.15) is 12.7 Å². The van der Waals surface area contributed by atoms with Crippen molar-refractivity contribution in [1.29, 1.82) is 0 Å². The van der Waals surface area contributed by atoms with Gasteiger partial charge in [0.05, 0.1) is 23.5 Å². The van der Waals surface area contributed by atoms with Crippen LogP contribution >= 0.6 is 0 Å². The highest BCUT2D eigenvalue weighted by Crippen LogP contribution is 2.72. The number of fused-ring (bicyclic) bond motifs is 5. The van der Waals surface area contributed by atoms with Crippen LogP contribution in [0.2, 0.25) is 0 Å². The molecule has 1 unspecified atom stereocenters. The molecule has 1 saturated heterocycles. The molecule has 0 bridgehead atoms. The topological polar surface area (TPSA) is 57.1 Å². The minimum Gasteiger partial charge on any atom is -0.458 e. The summed E-state index contributed by atoms with van der Waals surface area (Å²) >= 11 is 0. The summed E-state index contributed by atoms with van der Waals surface area (Å²) in [7, 11) is 0. The zero-order chi connectivity index (χ0) is 18.4. The summed E-state index contributed by atoms with van der Waals surface area (Å²) in [5.41, 5.74) is 0.644. The molecule has 7 atom stereocenters. The first kappa shape index (κ1) is 16.8. The summed E-state index contributed by atoms with van der Waals surface area (Å²) in [5.74, 6) is 0.319. The van der Waals surface area contributed by atoms with E-state index in [-0.39, 0.29) is 40.0 Å². The molecule has 142 valence electrons. The number of hydrogen-bond acceptors (Lipinski definition) is 5. The Morgan fingerprint density at radius 2 is 1.96 bits per heavy atom. The molecular formula is C21H29NO4. The molecule has 5 aliphatic rings. The van der Waals surface area contributed by atoms with Crippen molar-refractivity contribution in [3.8, 4) is 0 Å². The molecule has 5 heteroatoms. The Labute approximate surface area is 155 Å². The van der Waals surface area contributed by atoms with Crippen LogP contribution in [0.4, 0.5) is 0 Å². The van der Waals surface area contributed by atoms with Gasteiger partial charge >= 0.3 is 5.97 Å². The molecule has 0 aromatic rings. The van der Waals surface area contributed by atoms with Crippen LogP contribution in [-0.2, 0) is 19.1 Å². The van der Waals surface area contributed by atoms with Crippen molar-refractivity contribution in [2.45, 2.75) is 77.6 Å². The van der Waals surface area contributed by atoms with E-state index in [1.54, 1.807) is 0 Å². The van der Waals surface area contributed by atoms with E-state index in [0.29, 0.717) is 12.5 Å². The van der Waals surface area contributed by atoms with Crippen LogP contribution in [-0.4, -0.2) is 36.6 Å². The molecule has 3 fully saturated rings. The second-order valence-corrected chi connectivity index (χ2v) is 9.87. The summed E-state index contributed by atoms with van der Waals surface area (Å²) in [4.78, 5) is 17.8. The molecule has 0 spiro atoms. The Morgan fingerprint density at radius 3 is 2.69 bits per heavy atom. The van der Waals surface area contributed by atoms with Crippen molar-refractivity contribution in [3.05, 3.63) is 11.6 Å². The van der Waals surface area contributed by atoms with E-state index in [0.717, 1.165) is 37.7 Å². The van der Waals surface area contributed by atoms with E-state index < -0.39 is 0 Å². The molecule has 26 heavy (non-hydrogen) atoms. The zero-order valence-corrected chi connectivity index (χ0v) is 16.2. The van der Waals surface area contributed by atoms with Crippen molar-refractivity contribution < 1.29 is 19.1 Å². The Kier molecular flexibility index (Phi) is 3.18. The number of cyclic esters (lactones) is 1. The van der Waals surface area contributed by atoms with E-state index >= 15 is 0 Å². The molecule has 3 heterocycles. The Balaban J connectivity index is 1.55. The first-order valence-electron chi connectivity index (χ1n) is 9.99. The molecule has 2 aliphatic carbocycles. The average molecular weight is 359 g/mol. The third-order valence-electron chi connectivity index (χ3n) is 9.09. The van der Waals surface area contributed by atoms with Gasteiger partial charge in [-0.15, -0.1) is 0 Å². The quantitative estimate of drug-likeness (QED) is 0.671. The normalized spacial score (nSPS) is 54.8. The third kappa shape index (κ3) is 1.76. The van der Waals surface area contributed by atoms with Gasteiger partial charge in [-0.25, -0.2) is 4.79 Å². The van der Waals surface area contributed by atoms with Gasteiger partial charge in [-0.2, -0.15) is 0 Å². The summed E-state index contributed by atoms with van der Waals surface area (Å²) < 4.78 is 11.8. The lowest BCUT2D eigenvalue weighted by atomic mass is 9.39. The number of ether oxygens (including phenoxy) is 2. The molecule has 0 N–H and O–H groups in total. The van der Waals surface area contributed by atoms with E-state index in [9.17, 15) is 4.79 Å². The van der Waals surface area contributed by atoms with Crippen molar-refractivity contribution in [2.75, 3.05) is 6.61 Å². The first-order chi connectivity index (χ1) is 12.2. The minimum atomic E-state index is -0.216. The Hall–Kier alpha value is -1.36. The standard InChI is InChI=1S/C21H29NO4/c1-18-12-22-26-16(18)6-8-19(2)15(18)5-9-21(4)20(19,3)11-14(25-21)13-7-10-24-17(13)23/h7,12,14-16H,5-6,8-11H2,1-4H3/t14-,15+,16+,18-,19+,20?,21+/m0/s1. The fourth-order valence-corrected chi connectivity index (χ4v) is 7.15. The predicted octanol–water partition coefficient (Wildman–Crippen LogP) is 3.62. The second-order valence-electron chi connectivity index (χ2n) is 9.87. The number of nitrogens with zero attached hydrogens (tertiary/aromatic N) is 1. The van der Waals surface area contributed by atoms with Crippen molar-refractivity contribution in [1.82, 2.24) is 0 Å².